The Bertz CT molecular complexity index is 385. The van der Waals surface area contributed by atoms with Gasteiger partial charge in [-0.1, -0.05) is 13.3 Å². The number of hydrogen-bond donors (Lipinski definition) is 2. The number of nitrogens with zero attached hydrogens (tertiary/aromatic N) is 1. The minimum absolute atomic E-state index is 0.504. The molecule has 0 aliphatic rings. The Morgan fingerprint density at radius 2 is 2.24 bits per heavy atom. The van der Waals surface area contributed by atoms with E-state index in [1.807, 2.05) is 12.1 Å². The lowest BCUT2D eigenvalue weighted by atomic mass is 10.2. The average Bonchev–Trinajstić information content (AvgIpc) is 2.34. The predicted octanol–water partition coefficient (Wildman–Crippen LogP) is 2.37. The molecule has 0 saturated carbocycles. The maximum Gasteiger partial charge on any atom is 0.101 e. The number of hydrogen-bond acceptors (Lipinski definition) is 4. The van der Waals surface area contributed by atoms with Crippen LogP contribution in [0.3, 0.4) is 0 Å². The van der Waals surface area contributed by atoms with Crippen molar-refractivity contribution in [2.75, 3.05) is 30.8 Å². The molecule has 0 saturated heterocycles. The van der Waals surface area contributed by atoms with Crippen molar-refractivity contribution in [2.24, 2.45) is 0 Å². The molecule has 0 aromatic heterocycles. The largest absolute Gasteiger partial charge is 0.398 e. The van der Waals surface area contributed by atoms with Gasteiger partial charge in [-0.15, -0.1) is 0 Å². The fraction of sp³-hybridized carbons (Fsp3) is 0.462. The van der Waals surface area contributed by atoms with Gasteiger partial charge in [0.2, 0.25) is 0 Å². The third-order valence-electron chi connectivity index (χ3n) is 2.39. The van der Waals surface area contributed by atoms with E-state index in [2.05, 4.69) is 12.2 Å². The molecule has 0 bridgehead atoms. The highest BCUT2D eigenvalue weighted by Gasteiger charge is 1.99. The van der Waals surface area contributed by atoms with Crippen LogP contribution in [0.5, 0.6) is 0 Å². The van der Waals surface area contributed by atoms with Crippen LogP contribution in [-0.2, 0) is 4.74 Å². The highest BCUT2D eigenvalue weighted by molar-refractivity contribution is 5.62. The topological polar surface area (TPSA) is 71.1 Å². The zero-order valence-corrected chi connectivity index (χ0v) is 10.2. The second-order valence-electron chi connectivity index (χ2n) is 3.81. The lowest BCUT2D eigenvalue weighted by molar-refractivity contribution is 0.141. The standard InChI is InChI=1S/C13H19N3O/c1-2-3-7-17-8-6-16-12-5-4-11(10-14)13(15)9-12/h4-5,9,16H,2-3,6-8,15H2,1H3. The van der Waals surface area contributed by atoms with Crippen molar-refractivity contribution in [1.29, 1.82) is 5.26 Å². The fourth-order valence-electron chi connectivity index (χ4n) is 1.39. The number of benzene rings is 1. The van der Waals surface area contributed by atoms with Crippen molar-refractivity contribution in [3.05, 3.63) is 23.8 Å². The second-order valence-corrected chi connectivity index (χ2v) is 3.81. The van der Waals surface area contributed by atoms with Gasteiger partial charge in [-0.25, -0.2) is 0 Å². The molecule has 1 rings (SSSR count). The number of unbranched alkanes of at least 4 members (excludes halogenated alkanes) is 1. The Hall–Kier alpha value is -1.73. The Labute approximate surface area is 102 Å². The van der Waals surface area contributed by atoms with Crippen LogP contribution >= 0.6 is 0 Å². The molecule has 3 N–H and O–H groups in total. The minimum atomic E-state index is 0.504. The number of ether oxygens (including phenoxy) is 1. The zero-order chi connectivity index (χ0) is 12.5. The van der Waals surface area contributed by atoms with E-state index in [-0.39, 0.29) is 0 Å². The number of anilines is 2. The van der Waals surface area contributed by atoms with Crippen molar-refractivity contribution in [3.8, 4) is 6.07 Å². The van der Waals surface area contributed by atoms with Crippen LogP contribution in [0.2, 0.25) is 0 Å². The van der Waals surface area contributed by atoms with E-state index in [9.17, 15) is 0 Å². The monoisotopic (exact) mass is 233 g/mol. The van der Waals surface area contributed by atoms with E-state index < -0.39 is 0 Å². The molecule has 0 unspecified atom stereocenters. The summed E-state index contributed by atoms with van der Waals surface area (Å²) in [5.41, 5.74) is 7.64. The van der Waals surface area contributed by atoms with Gasteiger partial charge in [0.05, 0.1) is 17.9 Å². The molecule has 0 spiro atoms. The maximum atomic E-state index is 8.74. The third-order valence-corrected chi connectivity index (χ3v) is 2.39. The van der Waals surface area contributed by atoms with E-state index >= 15 is 0 Å². The number of nitrogens with two attached hydrogens (primary N) is 1. The van der Waals surface area contributed by atoms with Crippen LogP contribution in [-0.4, -0.2) is 19.8 Å². The van der Waals surface area contributed by atoms with E-state index in [4.69, 9.17) is 15.7 Å². The van der Waals surface area contributed by atoms with Crippen molar-refractivity contribution in [3.63, 3.8) is 0 Å². The van der Waals surface area contributed by atoms with Gasteiger partial charge in [0, 0.05) is 18.8 Å². The van der Waals surface area contributed by atoms with Crippen molar-refractivity contribution in [1.82, 2.24) is 0 Å². The summed E-state index contributed by atoms with van der Waals surface area (Å²) in [6, 6.07) is 7.37. The van der Waals surface area contributed by atoms with Crippen LogP contribution in [0.4, 0.5) is 11.4 Å². The minimum Gasteiger partial charge on any atom is -0.398 e. The molecule has 0 aliphatic carbocycles. The summed E-state index contributed by atoms with van der Waals surface area (Å²) in [6.07, 6.45) is 2.25. The highest BCUT2D eigenvalue weighted by atomic mass is 16.5. The smallest absolute Gasteiger partial charge is 0.101 e. The van der Waals surface area contributed by atoms with Gasteiger partial charge in [-0.05, 0) is 24.6 Å². The predicted molar refractivity (Wildman–Crippen MR) is 69.8 cm³/mol. The fourth-order valence-corrected chi connectivity index (χ4v) is 1.39. The van der Waals surface area contributed by atoms with Gasteiger partial charge in [-0.2, -0.15) is 5.26 Å². The zero-order valence-electron chi connectivity index (χ0n) is 10.2. The highest BCUT2D eigenvalue weighted by Crippen LogP contribution is 2.16. The molecular formula is C13H19N3O. The quantitative estimate of drug-likeness (QED) is 0.560. The summed E-state index contributed by atoms with van der Waals surface area (Å²) in [6.45, 7) is 4.38. The van der Waals surface area contributed by atoms with Crippen LogP contribution in [0.15, 0.2) is 18.2 Å². The molecule has 4 heteroatoms. The van der Waals surface area contributed by atoms with E-state index in [0.29, 0.717) is 17.9 Å². The summed E-state index contributed by atoms with van der Waals surface area (Å²) in [7, 11) is 0. The lowest BCUT2D eigenvalue weighted by Crippen LogP contribution is -2.10. The molecule has 0 atom stereocenters. The summed E-state index contributed by atoms with van der Waals surface area (Å²) in [5, 5.41) is 11.9. The van der Waals surface area contributed by atoms with Gasteiger partial charge in [0.25, 0.3) is 0 Å². The molecule has 0 aliphatic heterocycles. The number of nitrogen functional groups attached to an aromatic ring is 1. The Morgan fingerprint density at radius 1 is 1.41 bits per heavy atom. The van der Waals surface area contributed by atoms with Gasteiger partial charge < -0.3 is 15.8 Å². The SMILES string of the molecule is CCCCOCCNc1ccc(C#N)c(N)c1. The van der Waals surface area contributed by atoms with Crippen LogP contribution in [0.1, 0.15) is 25.3 Å². The molecule has 0 amide bonds. The van der Waals surface area contributed by atoms with Crippen molar-refractivity contribution < 1.29 is 4.74 Å². The first-order valence-electron chi connectivity index (χ1n) is 5.89. The Morgan fingerprint density at radius 3 is 2.88 bits per heavy atom. The first-order chi connectivity index (χ1) is 8.27. The first kappa shape index (κ1) is 13.3. The molecule has 4 nitrogen and oxygen atoms in total. The van der Waals surface area contributed by atoms with E-state index in [1.54, 1.807) is 12.1 Å². The Balaban J connectivity index is 2.28. The number of rotatable bonds is 7. The van der Waals surface area contributed by atoms with Crippen LogP contribution in [0, 0.1) is 11.3 Å². The number of nitrogens with one attached hydrogen (secondary N) is 1. The third kappa shape index (κ3) is 4.75. The van der Waals surface area contributed by atoms with E-state index in [0.717, 1.165) is 31.7 Å². The molecule has 92 valence electrons. The number of nitriles is 1. The van der Waals surface area contributed by atoms with Gasteiger partial charge >= 0.3 is 0 Å². The molecular weight excluding hydrogens is 214 g/mol. The van der Waals surface area contributed by atoms with Crippen molar-refractivity contribution >= 4 is 11.4 Å². The van der Waals surface area contributed by atoms with Gasteiger partial charge in [0.15, 0.2) is 0 Å². The molecule has 0 heterocycles. The van der Waals surface area contributed by atoms with Crippen molar-refractivity contribution in [2.45, 2.75) is 19.8 Å². The van der Waals surface area contributed by atoms with E-state index in [1.165, 1.54) is 0 Å². The molecule has 0 radical (unpaired) electrons. The summed E-state index contributed by atoms with van der Waals surface area (Å²) in [5.74, 6) is 0. The summed E-state index contributed by atoms with van der Waals surface area (Å²) in [4.78, 5) is 0. The summed E-state index contributed by atoms with van der Waals surface area (Å²) >= 11 is 0. The average molecular weight is 233 g/mol. The summed E-state index contributed by atoms with van der Waals surface area (Å²) < 4.78 is 5.42. The van der Waals surface area contributed by atoms with Gasteiger partial charge in [-0.3, -0.25) is 0 Å². The Kier molecular flexibility index (Phi) is 5.91. The molecule has 1 aromatic rings. The second kappa shape index (κ2) is 7.53. The lowest BCUT2D eigenvalue weighted by Gasteiger charge is -2.08. The molecule has 17 heavy (non-hydrogen) atoms. The van der Waals surface area contributed by atoms with Gasteiger partial charge in [0.1, 0.15) is 6.07 Å². The first-order valence-corrected chi connectivity index (χ1v) is 5.89. The van der Waals surface area contributed by atoms with Crippen LogP contribution < -0.4 is 11.1 Å². The molecule has 0 fully saturated rings. The maximum absolute atomic E-state index is 8.74. The van der Waals surface area contributed by atoms with Crippen LogP contribution in [0.25, 0.3) is 0 Å². The molecule has 1 aromatic carbocycles. The normalized spacial score (nSPS) is 9.88.